The Kier molecular flexibility index (Phi) is 7.56. The van der Waals surface area contributed by atoms with Crippen LogP contribution in [-0.4, -0.2) is 63.1 Å². The summed E-state index contributed by atoms with van der Waals surface area (Å²) < 4.78 is 0. The zero-order valence-corrected chi connectivity index (χ0v) is 13.8. The molecule has 2 radical (unpaired) electrons. The van der Waals surface area contributed by atoms with E-state index in [9.17, 15) is 29.4 Å². The second-order valence-corrected chi connectivity index (χ2v) is 3.96. The number of carbonyl (C=O) groups is 4. The summed E-state index contributed by atoms with van der Waals surface area (Å²) >= 11 is 0. The Morgan fingerprint density at radius 3 is 1.32 bits per heavy atom. The molecule has 2 N–H and O–H groups in total. The van der Waals surface area contributed by atoms with Gasteiger partial charge in [-0.05, 0) is 12.8 Å². The molecule has 2 saturated heterocycles. The average molecular weight is 463 g/mol. The van der Waals surface area contributed by atoms with Gasteiger partial charge in [-0.3, -0.25) is 9.59 Å². The molecule has 19 heavy (non-hydrogen) atoms. The first kappa shape index (κ1) is 17.8. The van der Waals surface area contributed by atoms with Crippen LogP contribution < -0.4 is 20.8 Å². The van der Waals surface area contributed by atoms with E-state index in [0.29, 0.717) is 25.7 Å². The third-order valence-electron chi connectivity index (χ3n) is 2.56. The molecule has 2 amide bonds. The van der Waals surface area contributed by atoms with E-state index in [0.717, 1.165) is 0 Å². The molecule has 2 rings (SSSR count). The molecular formula is C10H12N2O6Pb. The summed E-state index contributed by atoms with van der Waals surface area (Å²) in [5.74, 6) is -2.80. The van der Waals surface area contributed by atoms with Crippen LogP contribution in [0.2, 0.25) is 0 Å². The van der Waals surface area contributed by atoms with E-state index < -0.39 is 24.0 Å². The van der Waals surface area contributed by atoms with Crippen LogP contribution in [0.15, 0.2) is 0 Å². The second kappa shape index (κ2) is 8.07. The molecule has 2 heterocycles. The van der Waals surface area contributed by atoms with Crippen molar-refractivity contribution < 1.29 is 29.4 Å². The minimum Gasteiger partial charge on any atom is -0.548 e. The van der Waals surface area contributed by atoms with E-state index in [1.807, 2.05) is 0 Å². The molecule has 0 aliphatic carbocycles. The molecule has 0 aromatic rings. The van der Waals surface area contributed by atoms with Crippen LogP contribution in [0.3, 0.4) is 0 Å². The standard InChI is InChI=1S/2C5H7NO3.Pb/c2*7-4-2-1-3(6-4)5(8)9;/h2*3H,1-2H2,(H,6,7)(H,8,9);/q;;+2/p-2. The summed E-state index contributed by atoms with van der Waals surface area (Å²) in [7, 11) is 0. The largest absolute Gasteiger partial charge is 2.00 e. The van der Waals surface area contributed by atoms with Gasteiger partial charge < -0.3 is 30.4 Å². The molecule has 2 aliphatic rings. The van der Waals surface area contributed by atoms with E-state index >= 15 is 0 Å². The predicted octanol–water partition coefficient (Wildman–Crippen LogP) is -4.35. The molecule has 2 unspecified atom stereocenters. The summed E-state index contributed by atoms with van der Waals surface area (Å²) in [6.45, 7) is 0. The number of carboxylic acids is 2. The molecule has 2 atom stereocenters. The first-order chi connectivity index (χ1) is 8.40. The average Bonchev–Trinajstić information content (AvgIpc) is 2.88. The number of rotatable bonds is 2. The molecule has 0 bridgehead atoms. The summed E-state index contributed by atoms with van der Waals surface area (Å²) in [6, 6.07) is -1.50. The molecule has 8 nitrogen and oxygen atoms in total. The van der Waals surface area contributed by atoms with Crippen LogP contribution in [0.4, 0.5) is 0 Å². The zero-order valence-electron chi connectivity index (χ0n) is 9.93. The number of aliphatic carboxylic acids is 2. The summed E-state index contributed by atoms with van der Waals surface area (Å²) in [5, 5.41) is 24.5. The van der Waals surface area contributed by atoms with Crippen LogP contribution in [0.1, 0.15) is 25.7 Å². The molecule has 2 fully saturated rings. The van der Waals surface area contributed by atoms with Crippen molar-refractivity contribution in [3.05, 3.63) is 0 Å². The van der Waals surface area contributed by atoms with Crippen molar-refractivity contribution in [1.82, 2.24) is 10.6 Å². The first-order valence-corrected chi connectivity index (χ1v) is 5.40. The topological polar surface area (TPSA) is 138 Å². The van der Waals surface area contributed by atoms with Gasteiger partial charge in [-0.1, -0.05) is 0 Å². The Morgan fingerprint density at radius 2 is 1.21 bits per heavy atom. The molecule has 0 aromatic carbocycles. The third-order valence-corrected chi connectivity index (χ3v) is 2.56. The van der Waals surface area contributed by atoms with Gasteiger partial charge in [0.15, 0.2) is 0 Å². The second-order valence-electron chi connectivity index (χ2n) is 3.96. The van der Waals surface area contributed by atoms with Gasteiger partial charge in [0, 0.05) is 12.8 Å². The SMILES string of the molecule is O=C1CCC(C(=O)[O-])N1.O=C1CCC(C(=O)[O-])N1.[Pb+2]. The number of carbonyl (C=O) groups excluding carboxylic acids is 4. The van der Waals surface area contributed by atoms with Crippen LogP contribution in [0.25, 0.3) is 0 Å². The van der Waals surface area contributed by atoms with Crippen LogP contribution >= 0.6 is 0 Å². The smallest absolute Gasteiger partial charge is 0.548 e. The number of amides is 2. The Hall–Kier alpha value is -1.20. The van der Waals surface area contributed by atoms with Gasteiger partial charge in [0.05, 0.1) is 24.0 Å². The number of nitrogens with one attached hydrogen (secondary N) is 2. The van der Waals surface area contributed by atoms with Crippen molar-refractivity contribution >= 4 is 51.1 Å². The van der Waals surface area contributed by atoms with Crippen LogP contribution in [0, 0.1) is 0 Å². The maximum Gasteiger partial charge on any atom is 2.00 e. The van der Waals surface area contributed by atoms with Crippen molar-refractivity contribution in [2.75, 3.05) is 0 Å². The monoisotopic (exact) mass is 464 g/mol. The van der Waals surface area contributed by atoms with Gasteiger partial charge >= 0.3 is 27.3 Å². The summed E-state index contributed by atoms with van der Waals surface area (Å²) in [5.41, 5.74) is 0. The minimum atomic E-state index is -1.19. The van der Waals surface area contributed by atoms with Gasteiger partial charge in [-0.25, -0.2) is 0 Å². The van der Waals surface area contributed by atoms with Gasteiger partial charge in [0.25, 0.3) is 0 Å². The maximum absolute atomic E-state index is 10.4. The third kappa shape index (κ3) is 5.98. The number of hydrogen-bond acceptors (Lipinski definition) is 6. The summed E-state index contributed by atoms with van der Waals surface area (Å²) in [6.07, 6.45) is 1.33. The van der Waals surface area contributed by atoms with Gasteiger partial charge in [-0.2, -0.15) is 0 Å². The normalized spacial score (nSPS) is 24.4. The molecule has 0 aromatic heterocycles. The quantitative estimate of drug-likeness (QED) is 0.397. The fourth-order valence-corrected chi connectivity index (χ4v) is 1.58. The van der Waals surface area contributed by atoms with Gasteiger partial charge in [0.2, 0.25) is 11.8 Å². The van der Waals surface area contributed by atoms with Gasteiger partial charge in [0.1, 0.15) is 0 Å². The van der Waals surface area contributed by atoms with E-state index in [-0.39, 0.29) is 39.1 Å². The van der Waals surface area contributed by atoms with E-state index in [4.69, 9.17) is 0 Å². The van der Waals surface area contributed by atoms with Crippen molar-refractivity contribution in [2.45, 2.75) is 37.8 Å². The molecule has 102 valence electrons. The number of hydrogen-bond donors (Lipinski definition) is 2. The predicted molar refractivity (Wildman–Crippen MR) is 58.1 cm³/mol. The molecule has 0 saturated carbocycles. The fraction of sp³-hybridized carbons (Fsp3) is 0.600. The zero-order chi connectivity index (χ0) is 13.7. The fourth-order valence-electron chi connectivity index (χ4n) is 1.58. The van der Waals surface area contributed by atoms with Crippen molar-refractivity contribution in [3.63, 3.8) is 0 Å². The molecule has 2 aliphatic heterocycles. The first-order valence-electron chi connectivity index (χ1n) is 5.40. The van der Waals surface area contributed by atoms with Crippen molar-refractivity contribution in [2.24, 2.45) is 0 Å². The Bertz CT molecular complexity index is 350. The van der Waals surface area contributed by atoms with E-state index in [1.54, 1.807) is 0 Å². The number of carboxylic acid groups (broad SMARTS) is 2. The Labute approximate surface area is 129 Å². The molecule has 9 heteroatoms. The Balaban J connectivity index is 0.000000324. The van der Waals surface area contributed by atoms with Crippen molar-refractivity contribution in [3.8, 4) is 0 Å². The van der Waals surface area contributed by atoms with E-state index in [2.05, 4.69) is 10.6 Å². The molecular weight excluding hydrogens is 451 g/mol. The summed E-state index contributed by atoms with van der Waals surface area (Å²) in [4.78, 5) is 40.8. The van der Waals surface area contributed by atoms with Gasteiger partial charge in [-0.15, -0.1) is 0 Å². The molecule has 0 spiro atoms. The minimum absolute atomic E-state index is 0. The van der Waals surface area contributed by atoms with E-state index in [1.165, 1.54) is 0 Å². The Morgan fingerprint density at radius 1 is 0.895 bits per heavy atom. The van der Waals surface area contributed by atoms with Crippen LogP contribution in [0.5, 0.6) is 0 Å². The van der Waals surface area contributed by atoms with Crippen molar-refractivity contribution in [1.29, 1.82) is 0 Å². The maximum atomic E-state index is 10.4. The van der Waals surface area contributed by atoms with Crippen LogP contribution in [-0.2, 0) is 19.2 Å².